The van der Waals surface area contributed by atoms with E-state index in [1.807, 2.05) is 79.4 Å². The number of quaternary nitrogens is 1. The van der Waals surface area contributed by atoms with Gasteiger partial charge in [-0.05, 0) is 43.2 Å². The summed E-state index contributed by atoms with van der Waals surface area (Å²) < 4.78 is 0. The predicted octanol–water partition coefficient (Wildman–Crippen LogP) is 3.09. The average molecular weight is 804 g/mol. The van der Waals surface area contributed by atoms with Crippen LogP contribution in [0.2, 0.25) is 0 Å². The Morgan fingerprint density at radius 1 is 0.983 bits per heavy atom. The molecule has 15 heteroatoms. The van der Waals surface area contributed by atoms with Crippen LogP contribution in [0.5, 0.6) is 5.75 Å². The van der Waals surface area contributed by atoms with Crippen LogP contribution in [0.1, 0.15) is 89.4 Å². The first-order valence-electron chi connectivity index (χ1n) is 19.2. The Kier molecular flexibility index (Phi) is 17.3. The molecule has 0 bridgehead atoms. The molecule has 0 radical (unpaired) electrons. The monoisotopic (exact) mass is 803 g/mol. The van der Waals surface area contributed by atoms with E-state index >= 15 is 0 Å². The van der Waals surface area contributed by atoms with Crippen LogP contribution in [0.4, 0.5) is 0 Å². The van der Waals surface area contributed by atoms with Crippen LogP contribution < -0.4 is 27.4 Å². The van der Waals surface area contributed by atoms with Crippen molar-refractivity contribution in [2.75, 3.05) is 13.1 Å². The number of carbonyl (C=O) groups excluding carboxylic acids is 5. The van der Waals surface area contributed by atoms with Gasteiger partial charge in [0.25, 0.3) is 5.91 Å². The third kappa shape index (κ3) is 13.9. The molecule has 3 amide bonds. The van der Waals surface area contributed by atoms with Gasteiger partial charge in [0, 0.05) is 69.4 Å². The third-order valence-electron chi connectivity index (χ3n) is 9.17. The summed E-state index contributed by atoms with van der Waals surface area (Å²) in [6, 6.07) is 19.8. The van der Waals surface area contributed by atoms with E-state index < -0.39 is 17.6 Å². The molecular formula is C44H51N8O7+. The number of benzene rings is 3. The summed E-state index contributed by atoms with van der Waals surface area (Å²) in [6.45, 7) is 8.57. The number of carbonyl (C=O) groups is 5. The minimum absolute atomic E-state index is 0.00539. The van der Waals surface area contributed by atoms with Crippen molar-refractivity contribution in [1.29, 1.82) is 0 Å². The number of aromatic hydroxyl groups is 1. The maximum Gasteiger partial charge on any atom is 0.360 e. The van der Waals surface area contributed by atoms with Crippen molar-refractivity contribution in [2.45, 2.75) is 66.0 Å². The van der Waals surface area contributed by atoms with Crippen LogP contribution in [0, 0.1) is 24.7 Å². The molecule has 3 aliphatic rings. The number of fused-ring (bicyclic) bond motifs is 2. The lowest BCUT2D eigenvalue weighted by molar-refractivity contribution is -0.548. The quantitative estimate of drug-likeness (QED) is 0.0725. The molecule has 6 rings (SSSR count). The second kappa shape index (κ2) is 22.7. The number of ketones is 1. The van der Waals surface area contributed by atoms with Crippen molar-refractivity contribution in [3.63, 3.8) is 0 Å². The number of amidine groups is 2. The van der Waals surface area contributed by atoms with Gasteiger partial charge in [0.05, 0.1) is 12.0 Å². The molecule has 2 atom stereocenters. The molecule has 3 aromatic rings. The molecule has 0 spiro atoms. The Morgan fingerprint density at radius 2 is 1.71 bits per heavy atom. The van der Waals surface area contributed by atoms with Crippen molar-refractivity contribution in [1.82, 2.24) is 21.0 Å². The first kappa shape index (κ1) is 44.8. The first-order valence-corrected chi connectivity index (χ1v) is 19.2. The van der Waals surface area contributed by atoms with E-state index in [1.54, 1.807) is 5.43 Å². The molecule has 3 aromatic carbocycles. The van der Waals surface area contributed by atoms with Crippen LogP contribution >= 0.6 is 0 Å². The van der Waals surface area contributed by atoms with Gasteiger partial charge in [0.1, 0.15) is 17.1 Å². The Morgan fingerprint density at radius 3 is 2.39 bits per heavy atom. The SMILES string of the molecule is CC(=O)NCCCNC(=O)c1ccc(C(=O)ON)c(O)c1.CC1=NNC(c2ccc(C)cc2)=N[NH2+]1.CCC(=O)CCC(=O)N1Cc2ccccc2C#CC2C=CC=CC21. The van der Waals surface area contributed by atoms with Crippen molar-refractivity contribution in [3.8, 4) is 17.6 Å². The minimum Gasteiger partial charge on any atom is -0.507 e. The van der Waals surface area contributed by atoms with Crippen LogP contribution in [0.3, 0.4) is 0 Å². The average Bonchev–Trinajstić information content (AvgIpc) is 3.24. The Labute approximate surface area is 343 Å². The second-order valence-electron chi connectivity index (χ2n) is 13.7. The molecule has 0 saturated heterocycles. The number of hydrogen-bond donors (Lipinski definition) is 6. The fourth-order valence-corrected chi connectivity index (χ4v) is 5.85. The van der Waals surface area contributed by atoms with Gasteiger partial charge in [-0.1, -0.05) is 96.2 Å². The molecule has 1 aliphatic carbocycles. The van der Waals surface area contributed by atoms with Gasteiger partial charge in [-0.3, -0.25) is 24.6 Å². The molecule has 15 nitrogen and oxygen atoms in total. The van der Waals surface area contributed by atoms with E-state index in [1.165, 1.54) is 24.6 Å². The van der Waals surface area contributed by atoms with E-state index in [-0.39, 0.29) is 47.1 Å². The van der Waals surface area contributed by atoms with E-state index in [0.717, 1.165) is 34.4 Å². The molecule has 0 fully saturated rings. The number of phenolic OH excluding ortho intramolecular Hbond substituents is 1. The number of aryl methyl sites for hydroxylation is 1. The fourth-order valence-electron chi connectivity index (χ4n) is 5.85. The summed E-state index contributed by atoms with van der Waals surface area (Å²) in [5.41, 5.74) is 9.07. The Bertz CT molecular complexity index is 2180. The summed E-state index contributed by atoms with van der Waals surface area (Å²) >= 11 is 0. The lowest BCUT2D eigenvalue weighted by atomic mass is 9.91. The van der Waals surface area contributed by atoms with Crippen molar-refractivity contribution >= 4 is 41.1 Å². The zero-order valence-electron chi connectivity index (χ0n) is 33.7. The summed E-state index contributed by atoms with van der Waals surface area (Å²) in [6.07, 6.45) is 9.67. The van der Waals surface area contributed by atoms with Crippen LogP contribution in [0.25, 0.3) is 0 Å². The molecule has 59 heavy (non-hydrogen) atoms. The second-order valence-corrected chi connectivity index (χ2v) is 13.7. The zero-order chi connectivity index (χ0) is 42.7. The van der Waals surface area contributed by atoms with E-state index in [0.29, 0.717) is 38.9 Å². The largest absolute Gasteiger partial charge is 0.507 e. The highest BCUT2D eigenvalue weighted by molar-refractivity contribution is 5.99. The molecule has 0 aromatic heterocycles. The van der Waals surface area contributed by atoms with Crippen molar-refractivity contribution in [2.24, 2.45) is 22.0 Å². The smallest absolute Gasteiger partial charge is 0.360 e. The van der Waals surface area contributed by atoms with Crippen molar-refractivity contribution in [3.05, 3.63) is 124 Å². The molecule has 2 aliphatic heterocycles. The highest BCUT2D eigenvalue weighted by atomic mass is 16.7. The topological polar surface area (TPSA) is 221 Å². The minimum atomic E-state index is -0.894. The van der Waals surface area contributed by atoms with E-state index in [4.69, 9.17) is 5.90 Å². The first-order chi connectivity index (χ1) is 28.4. The fraction of sp³-hybridized carbons (Fsp3) is 0.295. The zero-order valence-corrected chi connectivity index (χ0v) is 33.7. The summed E-state index contributed by atoms with van der Waals surface area (Å²) in [5, 5.41) is 23.2. The standard InChI is InChI=1S/C21H21NO2.C13H17N3O5.C10H12N4/c1-2-19(23)13-14-21(24)22-15-18-9-4-3-7-16(18)11-12-17-8-5-6-10-20(17)22;1-8(17)15-5-2-6-16-12(19)9-3-4-10(11(18)7-9)13(20)21-14;1-7-3-5-9(6-4-7)10-13-11-8(2)12-14-10/h3-10,17,20H,2,13-15H2,1H3;3-4,7,18H,2,5-6,14H2,1H3,(H,15,17)(H,16,19);3-6H,1-2H3,(H,11,12)(H,13,14)/p+1. The normalized spacial score (nSPS) is 15.7. The highest BCUT2D eigenvalue weighted by Crippen LogP contribution is 2.25. The Balaban J connectivity index is 0.000000202. The molecule has 308 valence electrons. The number of phenols is 1. The molecule has 0 saturated carbocycles. The molecule has 8 N–H and O–H groups in total. The number of Topliss-reactive ketones (excluding diaryl/α,β-unsaturated/α-hetero) is 1. The van der Waals surface area contributed by atoms with Gasteiger partial charge in [-0.25, -0.2) is 4.79 Å². The van der Waals surface area contributed by atoms with Crippen LogP contribution in [-0.4, -0.2) is 70.3 Å². The number of hydrogen-bond acceptors (Lipinski definition) is 11. The number of hydrazone groups is 1. The predicted molar refractivity (Wildman–Crippen MR) is 223 cm³/mol. The third-order valence-corrected chi connectivity index (χ3v) is 9.17. The van der Waals surface area contributed by atoms with Crippen LogP contribution in [-0.2, 0) is 25.8 Å². The number of nitrogens with one attached hydrogen (secondary N) is 3. The van der Waals surface area contributed by atoms with Gasteiger partial charge in [-0.15, -0.1) is 5.10 Å². The van der Waals surface area contributed by atoms with Gasteiger partial charge >= 0.3 is 5.97 Å². The maximum atomic E-state index is 12.8. The van der Waals surface area contributed by atoms with Gasteiger partial charge in [-0.2, -0.15) is 11.3 Å². The summed E-state index contributed by atoms with van der Waals surface area (Å²) in [5.74, 6) is 11.3. The number of allylic oxidation sites excluding steroid dienone is 2. The van der Waals surface area contributed by atoms with Gasteiger partial charge in [0.2, 0.25) is 23.5 Å². The lowest BCUT2D eigenvalue weighted by Gasteiger charge is -2.35. The number of amides is 3. The van der Waals surface area contributed by atoms with E-state index in [2.05, 4.69) is 62.0 Å². The number of nitrogens with zero attached hydrogens (tertiary/aromatic N) is 3. The highest BCUT2D eigenvalue weighted by Gasteiger charge is 2.29. The summed E-state index contributed by atoms with van der Waals surface area (Å²) in [4.78, 5) is 63.9. The van der Waals surface area contributed by atoms with Crippen molar-refractivity contribution < 1.29 is 39.3 Å². The number of nitrogens with two attached hydrogens (primary N) is 2. The van der Waals surface area contributed by atoms with E-state index in [9.17, 15) is 29.1 Å². The van der Waals surface area contributed by atoms with Crippen LogP contribution in [0.15, 0.2) is 101 Å². The summed E-state index contributed by atoms with van der Waals surface area (Å²) in [7, 11) is 0. The Hall–Kier alpha value is -6.89. The molecular weight excluding hydrogens is 753 g/mol. The van der Waals surface area contributed by atoms with Gasteiger partial charge in [0.15, 0.2) is 0 Å². The lowest BCUT2D eigenvalue weighted by Crippen LogP contribution is -2.84. The van der Waals surface area contributed by atoms with Gasteiger partial charge < -0.3 is 25.5 Å². The molecule has 2 unspecified atom stereocenters. The maximum absolute atomic E-state index is 12.8. The number of rotatable bonds is 11. The molecule has 2 heterocycles.